The van der Waals surface area contributed by atoms with Crippen LogP contribution < -0.4 is 5.32 Å². The number of urea groups is 1. The van der Waals surface area contributed by atoms with E-state index in [4.69, 9.17) is 4.74 Å². The third-order valence-electron chi connectivity index (χ3n) is 4.01. The van der Waals surface area contributed by atoms with Crippen LogP contribution in [0.4, 0.5) is 4.79 Å². The number of carbonyl (C=O) groups excluding carboxylic acids is 1. The lowest BCUT2D eigenvalue weighted by molar-refractivity contribution is -0.141. The molecule has 0 bridgehead atoms. The minimum absolute atomic E-state index is 0.124. The van der Waals surface area contributed by atoms with Crippen molar-refractivity contribution in [2.75, 3.05) is 13.7 Å². The second-order valence-electron chi connectivity index (χ2n) is 5.68. The number of carboxylic acid groups (broad SMARTS) is 1. The summed E-state index contributed by atoms with van der Waals surface area (Å²) in [6.45, 7) is 4.54. The van der Waals surface area contributed by atoms with Crippen LogP contribution in [0.2, 0.25) is 0 Å². The van der Waals surface area contributed by atoms with Crippen LogP contribution in [0.1, 0.15) is 52.4 Å². The number of carboxylic acids is 1. The van der Waals surface area contributed by atoms with E-state index in [1.165, 1.54) is 4.90 Å². The van der Waals surface area contributed by atoms with Crippen molar-refractivity contribution >= 4 is 12.0 Å². The molecule has 1 aliphatic heterocycles. The first-order chi connectivity index (χ1) is 10.0. The summed E-state index contributed by atoms with van der Waals surface area (Å²) in [6.07, 6.45) is 5.17. The highest BCUT2D eigenvalue weighted by Crippen LogP contribution is 2.21. The number of unbranched alkanes of at least 4 members (excludes halogenated alkanes) is 1. The average molecular weight is 300 g/mol. The molecule has 2 amide bonds. The van der Waals surface area contributed by atoms with Crippen molar-refractivity contribution in [1.82, 2.24) is 10.2 Å². The van der Waals surface area contributed by atoms with Crippen LogP contribution >= 0.6 is 0 Å². The smallest absolute Gasteiger partial charge is 0.326 e. The lowest BCUT2D eigenvalue weighted by Crippen LogP contribution is -2.49. The van der Waals surface area contributed by atoms with Crippen LogP contribution in [0.25, 0.3) is 0 Å². The first kappa shape index (κ1) is 17.8. The van der Waals surface area contributed by atoms with Gasteiger partial charge in [0.2, 0.25) is 0 Å². The molecule has 0 saturated carbocycles. The van der Waals surface area contributed by atoms with Crippen LogP contribution in [0.15, 0.2) is 0 Å². The van der Waals surface area contributed by atoms with E-state index >= 15 is 0 Å². The molecule has 21 heavy (non-hydrogen) atoms. The fourth-order valence-electron chi connectivity index (χ4n) is 2.77. The maximum atomic E-state index is 12.4. The standard InChI is InChI=1S/C15H28N2O4/c1-4-6-8-11(7-5-2)16-15(20)17-10-12(21-3)9-13(17)14(18)19/h11-13H,4-10H2,1-3H3,(H,16,20)(H,18,19). The first-order valence-electron chi connectivity index (χ1n) is 7.86. The van der Waals surface area contributed by atoms with Gasteiger partial charge >= 0.3 is 12.0 Å². The largest absolute Gasteiger partial charge is 0.480 e. The van der Waals surface area contributed by atoms with Crippen LogP contribution in [0, 0.1) is 0 Å². The van der Waals surface area contributed by atoms with E-state index in [1.807, 2.05) is 0 Å². The number of rotatable bonds is 8. The van der Waals surface area contributed by atoms with Crippen LogP contribution in [0.3, 0.4) is 0 Å². The Morgan fingerprint density at radius 3 is 2.57 bits per heavy atom. The molecule has 0 aromatic heterocycles. The highest BCUT2D eigenvalue weighted by Gasteiger charge is 2.40. The molecule has 0 aliphatic carbocycles. The maximum Gasteiger partial charge on any atom is 0.326 e. The quantitative estimate of drug-likeness (QED) is 0.720. The molecule has 2 N–H and O–H groups in total. The molecular formula is C15H28N2O4. The molecule has 122 valence electrons. The SMILES string of the molecule is CCCCC(CCC)NC(=O)N1CC(OC)CC1C(=O)O. The lowest BCUT2D eigenvalue weighted by atomic mass is 10.1. The lowest BCUT2D eigenvalue weighted by Gasteiger charge is -2.25. The molecule has 1 saturated heterocycles. The van der Waals surface area contributed by atoms with Gasteiger partial charge in [0.05, 0.1) is 6.10 Å². The Morgan fingerprint density at radius 1 is 1.33 bits per heavy atom. The van der Waals surface area contributed by atoms with Crippen molar-refractivity contribution in [3.63, 3.8) is 0 Å². The fourth-order valence-corrected chi connectivity index (χ4v) is 2.77. The molecule has 1 aliphatic rings. The summed E-state index contributed by atoms with van der Waals surface area (Å²) < 4.78 is 5.20. The molecule has 0 aromatic carbocycles. The molecule has 6 heteroatoms. The van der Waals surface area contributed by atoms with Crippen molar-refractivity contribution in [3.05, 3.63) is 0 Å². The third-order valence-corrected chi connectivity index (χ3v) is 4.01. The Bertz CT molecular complexity index is 349. The normalized spacial score (nSPS) is 23.1. The van der Waals surface area contributed by atoms with E-state index in [9.17, 15) is 14.7 Å². The number of likely N-dealkylation sites (tertiary alicyclic amines) is 1. The fraction of sp³-hybridized carbons (Fsp3) is 0.867. The Labute approximate surface area is 126 Å². The second kappa shape index (κ2) is 8.87. The predicted molar refractivity (Wildman–Crippen MR) is 80.3 cm³/mol. The predicted octanol–water partition coefficient (Wildman–Crippen LogP) is 2.23. The second-order valence-corrected chi connectivity index (χ2v) is 5.68. The maximum absolute atomic E-state index is 12.4. The Morgan fingerprint density at radius 2 is 2.05 bits per heavy atom. The molecule has 1 heterocycles. The molecule has 1 rings (SSSR count). The van der Waals surface area contributed by atoms with E-state index < -0.39 is 12.0 Å². The van der Waals surface area contributed by atoms with Gasteiger partial charge in [-0.3, -0.25) is 0 Å². The molecule has 0 spiro atoms. The molecule has 0 radical (unpaired) electrons. The summed E-state index contributed by atoms with van der Waals surface area (Å²) in [7, 11) is 1.55. The minimum atomic E-state index is -0.967. The molecule has 1 fully saturated rings. The topological polar surface area (TPSA) is 78.9 Å². The summed E-state index contributed by atoms with van der Waals surface area (Å²) in [5.41, 5.74) is 0. The highest BCUT2D eigenvalue weighted by atomic mass is 16.5. The van der Waals surface area contributed by atoms with Crippen LogP contribution in [0.5, 0.6) is 0 Å². The van der Waals surface area contributed by atoms with Gasteiger partial charge in [-0.2, -0.15) is 0 Å². The van der Waals surface area contributed by atoms with Crippen molar-refractivity contribution in [2.45, 2.75) is 70.6 Å². The van der Waals surface area contributed by atoms with Gasteiger partial charge in [-0.15, -0.1) is 0 Å². The van der Waals surface area contributed by atoms with Gasteiger partial charge in [0.1, 0.15) is 6.04 Å². The Balaban J connectivity index is 2.64. The van der Waals surface area contributed by atoms with Gasteiger partial charge < -0.3 is 20.1 Å². The van der Waals surface area contributed by atoms with E-state index in [-0.39, 0.29) is 18.2 Å². The zero-order valence-corrected chi connectivity index (χ0v) is 13.3. The van der Waals surface area contributed by atoms with E-state index in [0.717, 1.165) is 32.1 Å². The number of aliphatic carboxylic acids is 1. The van der Waals surface area contributed by atoms with Gasteiger partial charge in [-0.1, -0.05) is 33.1 Å². The average Bonchev–Trinajstić information content (AvgIpc) is 2.89. The Hall–Kier alpha value is -1.30. The highest BCUT2D eigenvalue weighted by molar-refractivity contribution is 5.83. The molecule has 3 atom stereocenters. The number of methoxy groups -OCH3 is 1. The monoisotopic (exact) mass is 300 g/mol. The van der Waals surface area contributed by atoms with E-state index in [0.29, 0.717) is 13.0 Å². The van der Waals surface area contributed by atoms with E-state index in [1.54, 1.807) is 7.11 Å². The van der Waals surface area contributed by atoms with Gasteiger partial charge in [0, 0.05) is 26.1 Å². The van der Waals surface area contributed by atoms with Crippen molar-refractivity contribution in [1.29, 1.82) is 0 Å². The van der Waals surface area contributed by atoms with Gasteiger partial charge in [0.15, 0.2) is 0 Å². The minimum Gasteiger partial charge on any atom is -0.480 e. The number of nitrogens with one attached hydrogen (secondary N) is 1. The zero-order valence-electron chi connectivity index (χ0n) is 13.3. The van der Waals surface area contributed by atoms with Gasteiger partial charge in [-0.05, 0) is 12.8 Å². The summed E-state index contributed by atoms with van der Waals surface area (Å²) in [6, 6.07) is -0.946. The number of ether oxygens (including phenoxy) is 1. The molecular weight excluding hydrogens is 272 g/mol. The van der Waals surface area contributed by atoms with Crippen molar-refractivity contribution < 1.29 is 19.4 Å². The third kappa shape index (κ3) is 5.19. The van der Waals surface area contributed by atoms with E-state index in [2.05, 4.69) is 19.2 Å². The first-order valence-corrected chi connectivity index (χ1v) is 7.86. The van der Waals surface area contributed by atoms with Crippen molar-refractivity contribution in [2.24, 2.45) is 0 Å². The number of nitrogens with zero attached hydrogens (tertiary/aromatic N) is 1. The number of hydrogen-bond acceptors (Lipinski definition) is 3. The summed E-state index contributed by atoms with van der Waals surface area (Å²) >= 11 is 0. The summed E-state index contributed by atoms with van der Waals surface area (Å²) in [4.78, 5) is 25.0. The summed E-state index contributed by atoms with van der Waals surface area (Å²) in [5.74, 6) is -0.967. The van der Waals surface area contributed by atoms with Crippen molar-refractivity contribution in [3.8, 4) is 0 Å². The van der Waals surface area contributed by atoms with Crippen LogP contribution in [-0.2, 0) is 9.53 Å². The van der Waals surface area contributed by atoms with Gasteiger partial charge in [0.25, 0.3) is 0 Å². The molecule has 3 unspecified atom stereocenters. The van der Waals surface area contributed by atoms with Crippen LogP contribution in [-0.4, -0.2) is 53.8 Å². The number of carbonyl (C=O) groups is 2. The van der Waals surface area contributed by atoms with Gasteiger partial charge in [-0.25, -0.2) is 9.59 Å². The summed E-state index contributed by atoms with van der Waals surface area (Å²) in [5, 5.41) is 12.2. The molecule has 6 nitrogen and oxygen atoms in total. The number of amides is 2. The zero-order chi connectivity index (χ0) is 15.8. The number of hydrogen-bond donors (Lipinski definition) is 2. The molecule has 0 aromatic rings. The Kier molecular flexibility index (Phi) is 7.50.